The lowest BCUT2D eigenvalue weighted by molar-refractivity contribution is 0.415. The highest BCUT2D eigenvalue weighted by molar-refractivity contribution is 5.48. The second kappa shape index (κ2) is 5.69. The van der Waals surface area contributed by atoms with E-state index < -0.39 is 0 Å². The number of nitrogens with one attached hydrogen (secondary N) is 1. The fourth-order valence-electron chi connectivity index (χ4n) is 1.58. The van der Waals surface area contributed by atoms with Crippen LogP contribution in [0.2, 0.25) is 0 Å². The van der Waals surface area contributed by atoms with Gasteiger partial charge in [0, 0.05) is 24.5 Å². The molecule has 1 N–H and O–H groups in total. The zero-order valence-electron chi connectivity index (χ0n) is 10.1. The highest BCUT2D eigenvalue weighted by Gasteiger charge is 1.98. The predicted molar refractivity (Wildman–Crippen MR) is 69.3 cm³/mol. The van der Waals surface area contributed by atoms with Gasteiger partial charge in [0.1, 0.15) is 17.5 Å². The van der Waals surface area contributed by atoms with Crippen LogP contribution in [0.15, 0.2) is 42.6 Å². The van der Waals surface area contributed by atoms with Gasteiger partial charge in [0.25, 0.3) is 0 Å². The summed E-state index contributed by atoms with van der Waals surface area (Å²) in [4.78, 5) is 3.93. The van der Waals surface area contributed by atoms with Gasteiger partial charge in [0.2, 0.25) is 0 Å². The lowest BCUT2D eigenvalue weighted by Gasteiger charge is -2.08. The van der Waals surface area contributed by atoms with Gasteiger partial charge in [-0.3, -0.25) is 0 Å². The monoisotopic (exact) mass is 239 g/mol. The molecule has 2 aromatic rings. The molecule has 4 nitrogen and oxygen atoms in total. The number of benzene rings is 1. The van der Waals surface area contributed by atoms with Crippen LogP contribution < -0.4 is 10.1 Å². The minimum atomic E-state index is 0.431. The number of rotatable bonds is 4. The number of aromatic nitrogens is 1. The summed E-state index contributed by atoms with van der Waals surface area (Å²) in [5, 5.41) is 12.0. The van der Waals surface area contributed by atoms with Crippen LogP contribution in [0.4, 0.5) is 5.69 Å². The number of anilines is 1. The molecule has 90 valence electrons. The third-order valence-electron chi connectivity index (χ3n) is 2.51. The van der Waals surface area contributed by atoms with Gasteiger partial charge in [-0.15, -0.1) is 0 Å². The predicted octanol–water partition coefficient (Wildman–Crippen LogP) is 2.57. The van der Waals surface area contributed by atoms with E-state index in [1.807, 2.05) is 36.4 Å². The molecule has 0 bridgehead atoms. The van der Waals surface area contributed by atoms with Crippen molar-refractivity contribution in [1.82, 2.24) is 4.98 Å². The summed E-state index contributed by atoms with van der Waals surface area (Å²) in [5.41, 5.74) is 2.42. The molecule has 0 aliphatic rings. The smallest absolute Gasteiger partial charge is 0.140 e. The maximum absolute atomic E-state index is 8.77. The number of nitriles is 1. The number of methoxy groups -OCH3 is 1. The van der Waals surface area contributed by atoms with Crippen molar-refractivity contribution < 1.29 is 4.74 Å². The highest BCUT2D eigenvalue weighted by atomic mass is 16.5. The molecule has 0 saturated heterocycles. The summed E-state index contributed by atoms with van der Waals surface area (Å²) in [5.74, 6) is 0.812. The van der Waals surface area contributed by atoms with Gasteiger partial charge in [-0.25, -0.2) is 4.98 Å². The lowest BCUT2D eigenvalue weighted by Crippen LogP contribution is -2.00. The lowest BCUT2D eigenvalue weighted by atomic mass is 10.2. The number of hydrogen-bond acceptors (Lipinski definition) is 4. The normalized spacial score (nSPS) is 9.56. The SMILES string of the molecule is COc1cccc(NCc2ccnc(C#N)c2)c1. The largest absolute Gasteiger partial charge is 0.497 e. The average molecular weight is 239 g/mol. The second-order valence-corrected chi connectivity index (χ2v) is 3.75. The molecule has 0 amide bonds. The van der Waals surface area contributed by atoms with E-state index in [0.29, 0.717) is 12.2 Å². The van der Waals surface area contributed by atoms with Crippen molar-refractivity contribution in [3.8, 4) is 11.8 Å². The first-order valence-corrected chi connectivity index (χ1v) is 5.55. The first-order valence-electron chi connectivity index (χ1n) is 5.55. The zero-order chi connectivity index (χ0) is 12.8. The van der Waals surface area contributed by atoms with Gasteiger partial charge >= 0.3 is 0 Å². The van der Waals surface area contributed by atoms with Crippen LogP contribution in [0.3, 0.4) is 0 Å². The summed E-state index contributed by atoms with van der Waals surface area (Å²) in [6, 6.07) is 13.4. The molecule has 0 aliphatic heterocycles. The quantitative estimate of drug-likeness (QED) is 0.890. The number of ether oxygens (including phenoxy) is 1. The molecular formula is C14H13N3O. The first-order chi connectivity index (χ1) is 8.81. The van der Waals surface area contributed by atoms with Crippen LogP contribution in [0.1, 0.15) is 11.3 Å². The van der Waals surface area contributed by atoms with Gasteiger partial charge in [-0.05, 0) is 29.8 Å². The standard InChI is InChI=1S/C14H13N3O/c1-18-14-4-2-3-12(8-14)17-10-11-5-6-16-13(7-11)9-15/h2-8,17H,10H2,1H3. The van der Waals surface area contributed by atoms with Gasteiger partial charge in [-0.1, -0.05) is 6.07 Å². The van der Waals surface area contributed by atoms with Crippen molar-refractivity contribution in [1.29, 1.82) is 5.26 Å². The minimum Gasteiger partial charge on any atom is -0.497 e. The summed E-state index contributed by atoms with van der Waals surface area (Å²) in [6.45, 7) is 0.643. The fraction of sp³-hybridized carbons (Fsp3) is 0.143. The van der Waals surface area contributed by atoms with Crippen molar-refractivity contribution in [2.24, 2.45) is 0 Å². The molecule has 0 spiro atoms. The summed E-state index contributed by atoms with van der Waals surface area (Å²) in [6.07, 6.45) is 1.64. The Bertz CT molecular complexity index is 575. The number of pyridine rings is 1. The van der Waals surface area contributed by atoms with Crippen LogP contribution in [-0.2, 0) is 6.54 Å². The topological polar surface area (TPSA) is 57.9 Å². The Labute approximate surface area is 106 Å². The Morgan fingerprint density at radius 3 is 3.00 bits per heavy atom. The Morgan fingerprint density at radius 1 is 1.33 bits per heavy atom. The van der Waals surface area contributed by atoms with E-state index in [0.717, 1.165) is 17.0 Å². The Balaban J connectivity index is 2.04. The molecule has 0 atom stereocenters. The second-order valence-electron chi connectivity index (χ2n) is 3.75. The van der Waals surface area contributed by atoms with Gasteiger partial charge < -0.3 is 10.1 Å². The van der Waals surface area contributed by atoms with E-state index in [4.69, 9.17) is 10.00 Å². The third-order valence-corrected chi connectivity index (χ3v) is 2.51. The molecule has 0 saturated carbocycles. The molecule has 4 heteroatoms. The van der Waals surface area contributed by atoms with Crippen molar-refractivity contribution >= 4 is 5.69 Å². The van der Waals surface area contributed by atoms with Gasteiger partial charge in [-0.2, -0.15) is 5.26 Å². The van der Waals surface area contributed by atoms with Gasteiger partial charge in [0.15, 0.2) is 0 Å². The average Bonchev–Trinajstić information content (AvgIpc) is 2.45. The van der Waals surface area contributed by atoms with Crippen LogP contribution in [0, 0.1) is 11.3 Å². The van der Waals surface area contributed by atoms with E-state index >= 15 is 0 Å². The van der Waals surface area contributed by atoms with Crippen LogP contribution >= 0.6 is 0 Å². The van der Waals surface area contributed by atoms with E-state index in [2.05, 4.69) is 10.3 Å². The van der Waals surface area contributed by atoms with Crippen LogP contribution in [0.25, 0.3) is 0 Å². The van der Waals surface area contributed by atoms with Crippen LogP contribution in [-0.4, -0.2) is 12.1 Å². The molecule has 18 heavy (non-hydrogen) atoms. The maximum atomic E-state index is 8.77. The number of hydrogen-bond donors (Lipinski definition) is 1. The molecule has 0 fully saturated rings. The Hall–Kier alpha value is -2.54. The van der Waals surface area contributed by atoms with Crippen molar-refractivity contribution in [2.45, 2.75) is 6.54 Å². The van der Waals surface area contributed by atoms with Crippen molar-refractivity contribution in [3.63, 3.8) is 0 Å². The molecule has 1 aromatic heterocycles. The minimum absolute atomic E-state index is 0.431. The summed E-state index contributed by atoms with van der Waals surface area (Å²) in [7, 11) is 1.64. The Morgan fingerprint density at radius 2 is 2.22 bits per heavy atom. The third kappa shape index (κ3) is 2.98. The molecule has 0 unspecified atom stereocenters. The molecule has 1 heterocycles. The van der Waals surface area contributed by atoms with E-state index in [1.54, 1.807) is 19.4 Å². The summed E-state index contributed by atoms with van der Waals surface area (Å²) < 4.78 is 5.15. The van der Waals surface area contributed by atoms with E-state index in [-0.39, 0.29) is 0 Å². The summed E-state index contributed by atoms with van der Waals surface area (Å²) >= 11 is 0. The maximum Gasteiger partial charge on any atom is 0.140 e. The van der Waals surface area contributed by atoms with E-state index in [9.17, 15) is 0 Å². The first kappa shape index (κ1) is 11.9. The molecule has 2 rings (SSSR count). The molecular weight excluding hydrogens is 226 g/mol. The van der Waals surface area contributed by atoms with Crippen LogP contribution in [0.5, 0.6) is 5.75 Å². The highest BCUT2D eigenvalue weighted by Crippen LogP contribution is 2.17. The Kier molecular flexibility index (Phi) is 3.77. The molecule has 1 aromatic carbocycles. The fourth-order valence-corrected chi connectivity index (χ4v) is 1.58. The van der Waals surface area contributed by atoms with Crippen molar-refractivity contribution in [3.05, 3.63) is 53.9 Å². The molecule has 0 radical (unpaired) electrons. The molecule has 0 aliphatic carbocycles. The van der Waals surface area contributed by atoms with E-state index in [1.165, 1.54) is 0 Å². The zero-order valence-corrected chi connectivity index (χ0v) is 10.1. The number of nitrogens with zero attached hydrogens (tertiary/aromatic N) is 2. The van der Waals surface area contributed by atoms with Gasteiger partial charge in [0.05, 0.1) is 7.11 Å². The van der Waals surface area contributed by atoms with Crippen molar-refractivity contribution in [2.75, 3.05) is 12.4 Å².